The van der Waals surface area contributed by atoms with Gasteiger partial charge in [-0.05, 0) is 79.8 Å². The van der Waals surface area contributed by atoms with Crippen LogP contribution in [0.1, 0.15) is 61.8 Å². The van der Waals surface area contributed by atoms with Crippen LogP contribution in [0, 0.1) is 5.41 Å². The van der Waals surface area contributed by atoms with Gasteiger partial charge in [0, 0.05) is 28.4 Å². The van der Waals surface area contributed by atoms with Gasteiger partial charge in [0.1, 0.15) is 9.84 Å². The van der Waals surface area contributed by atoms with Gasteiger partial charge in [0.25, 0.3) is 0 Å². The fraction of sp³-hybridized carbons (Fsp3) is 0.552. The molecule has 2 aromatic rings. The number of hydrogen-bond acceptors (Lipinski definition) is 3. The van der Waals surface area contributed by atoms with Gasteiger partial charge >= 0.3 is 6.18 Å². The minimum Gasteiger partial charge on any atom is -0.338 e. The molecule has 39 heavy (non-hydrogen) atoms. The molecule has 2 fully saturated rings. The topological polar surface area (TPSA) is 54.5 Å². The van der Waals surface area contributed by atoms with E-state index in [0.29, 0.717) is 49.7 Å². The molecule has 212 valence electrons. The second kappa shape index (κ2) is 9.47. The predicted octanol–water partition coefficient (Wildman–Crippen LogP) is 6.33. The molecule has 2 heterocycles. The summed E-state index contributed by atoms with van der Waals surface area (Å²) in [5.74, 6) is -0.0960. The van der Waals surface area contributed by atoms with Crippen molar-refractivity contribution in [1.29, 1.82) is 0 Å². The quantitative estimate of drug-likeness (QED) is 0.394. The fourth-order valence-electron chi connectivity index (χ4n) is 6.78. The molecule has 3 unspecified atom stereocenters. The number of fused-ring (bicyclic) bond motifs is 3. The van der Waals surface area contributed by atoms with E-state index in [0.717, 1.165) is 11.1 Å². The molecular formula is C29H32ClF4NO3S. The Balaban J connectivity index is 1.55. The van der Waals surface area contributed by atoms with E-state index < -0.39 is 38.1 Å². The lowest BCUT2D eigenvalue weighted by atomic mass is 9.63. The number of alkyl halides is 4. The van der Waals surface area contributed by atoms with E-state index in [4.69, 9.17) is 11.6 Å². The van der Waals surface area contributed by atoms with Crippen molar-refractivity contribution in [1.82, 2.24) is 4.90 Å². The maximum Gasteiger partial charge on any atom is 0.426 e. The lowest BCUT2D eigenvalue weighted by molar-refractivity contribution is -0.228. The van der Waals surface area contributed by atoms with E-state index in [9.17, 15) is 30.8 Å². The number of likely N-dealkylation sites (tertiary alicyclic amines) is 1. The molecule has 1 aliphatic carbocycles. The lowest BCUT2D eigenvalue weighted by Gasteiger charge is -2.46. The van der Waals surface area contributed by atoms with Crippen LogP contribution in [0.2, 0.25) is 5.02 Å². The molecule has 3 aliphatic rings. The first kappa shape index (κ1) is 28.4. The zero-order valence-electron chi connectivity index (χ0n) is 22.0. The number of carbonyl (C=O) groups is 1. The summed E-state index contributed by atoms with van der Waals surface area (Å²) in [6, 6.07) is 11.4. The summed E-state index contributed by atoms with van der Waals surface area (Å²) in [7, 11) is -3.15. The number of hydrogen-bond donors (Lipinski definition) is 0. The van der Waals surface area contributed by atoms with Crippen molar-refractivity contribution in [2.24, 2.45) is 5.41 Å². The van der Waals surface area contributed by atoms with Crippen molar-refractivity contribution in [2.45, 2.75) is 75.7 Å². The van der Waals surface area contributed by atoms with Crippen LogP contribution in [-0.2, 0) is 38.6 Å². The summed E-state index contributed by atoms with van der Waals surface area (Å²) in [4.78, 5) is 15.9. The van der Waals surface area contributed by atoms with E-state index >= 15 is 0 Å². The van der Waals surface area contributed by atoms with E-state index in [1.807, 2.05) is 24.0 Å². The maximum atomic E-state index is 14.9. The summed E-state index contributed by atoms with van der Waals surface area (Å²) in [6.45, 7) is 2.85. The number of carbonyl (C=O) groups excluding carboxylic acids is 1. The highest BCUT2D eigenvalue weighted by Gasteiger charge is 2.57. The third kappa shape index (κ3) is 4.88. The molecule has 0 N–H and O–H groups in total. The Morgan fingerprint density at radius 3 is 2.31 bits per heavy atom. The zero-order valence-corrected chi connectivity index (χ0v) is 23.5. The minimum absolute atomic E-state index is 0.0174. The Labute approximate surface area is 231 Å². The molecule has 2 saturated heterocycles. The SMILES string of the molecule is CC1(C(=O)N2CCC3(Cc4ccc(Cl)cc4)c4ccc(C(C)(F)C(F)(F)F)cc4CCC23)CCS(=O)(=O)CC1. The minimum atomic E-state index is -5.04. The standard InChI is InChI=1S/C29H32ClF4NO3S/c1-26(12-15-39(37,38)16-13-26)25(36)35-14-11-28(18-19-3-7-22(30)8-4-19)23-9-6-21(27(2,31)29(32,33)34)17-20(23)5-10-24(28)35/h3-4,6-9,17,24H,5,10-16,18H2,1-2H3. The third-order valence-corrected chi connectivity index (χ3v) is 11.3. The normalized spacial score (nSPS) is 27.4. The van der Waals surface area contributed by atoms with Gasteiger partial charge in [-0.25, -0.2) is 12.8 Å². The van der Waals surface area contributed by atoms with Crippen molar-refractivity contribution in [2.75, 3.05) is 18.1 Å². The molecule has 0 saturated carbocycles. The highest BCUT2D eigenvalue weighted by Crippen LogP contribution is 2.52. The Bertz CT molecular complexity index is 1380. The molecule has 1 amide bonds. The first-order valence-corrected chi connectivity index (χ1v) is 15.4. The third-order valence-electron chi connectivity index (χ3n) is 9.36. The van der Waals surface area contributed by atoms with Crippen molar-refractivity contribution in [3.63, 3.8) is 0 Å². The molecule has 5 rings (SSSR count). The molecule has 3 atom stereocenters. The predicted molar refractivity (Wildman–Crippen MR) is 142 cm³/mol. The Kier molecular flexibility index (Phi) is 6.90. The van der Waals surface area contributed by atoms with Crippen LogP contribution >= 0.6 is 11.6 Å². The second-order valence-electron chi connectivity index (χ2n) is 11.8. The van der Waals surface area contributed by atoms with Crippen LogP contribution in [0.3, 0.4) is 0 Å². The summed E-state index contributed by atoms with van der Waals surface area (Å²) in [5.41, 5.74) is -2.74. The van der Waals surface area contributed by atoms with Gasteiger partial charge < -0.3 is 4.90 Å². The van der Waals surface area contributed by atoms with Crippen LogP contribution in [0.15, 0.2) is 42.5 Å². The van der Waals surface area contributed by atoms with Gasteiger partial charge in [0.15, 0.2) is 0 Å². The van der Waals surface area contributed by atoms with Crippen LogP contribution in [0.5, 0.6) is 0 Å². The maximum absolute atomic E-state index is 14.9. The molecular weight excluding hydrogens is 554 g/mol. The number of sulfone groups is 1. The van der Waals surface area contributed by atoms with Gasteiger partial charge in [0.05, 0.1) is 11.5 Å². The fourth-order valence-corrected chi connectivity index (χ4v) is 8.63. The van der Waals surface area contributed by atoms with Crippen molar-refractivity contribution in [3.05, 3.63) is 69.7 Å². The van der Waals surface area contributed by atoms with Crippen molar-refractivity contribution in [3.8, 4) is 0 Å². The number of rotatable bonds is 4. The average Bonchev–Trinajstić information content (AvgIpc) is 3.25. The van der Waals surface area contributed by atoms with Gasteiger partial charge in [0.2, 0.25) is 11.6 Å². The van der Waals surface area contributed by atoms with E-state index in [2.05, 4.69) is 0 Å². The van der Waals surface area contributed by atoms with Crippen LogP contribution in [0.25, 0.3) is 0 Å². The molecule has 2 aliphatic heterocycles. The number of amides is 1. The van der Waals surface area contributed by atoms with E-state index in [1.54, 1.807) is 18.2 Å². The lowest BCUT2D eigenvalue weighted by Crippen LogP contribution is -2.53. The average molecular weight is 586 g/mol. The number of nitrogens with zero attached hydrogens (tertiary/aromatic N) is 1. The Morgan fingerprint density at radius 2 is 1.69 bits per heavy atom. The second-order valence-corrected chi connectivity index (χ2v) is 14.6. The van der Waals surface area contributed by atoms with Crippen LogP contribution in [-0.4, -0.2) is 49.5 Å². The van der Waals surface area contributed by atoms with Crippen molar-refractivity contribution >= 4 is 27.3 Å². The highest BCUT2D eigenvalue weighted by molar-refractivity contribution is 7.91. The summed E-state index contributed by atoms with van der Waals surface area (Å²) in [5, 5.41) is 0.583. The first-order valence-electron chi connectivity index (χ1n) is 13.2. The molecule has 0 aromatic heterocycles. The molecule has 0 radical (unpaired) electrons. The smallest absolute Gasteiger partial charge is 0.338 e. The molecule has 4 nitrogen and oxygen atoms in total. The Hall–Kier alpha value is -2.13. The highest BCUT2D eigenvalue weighted by atomic mass is 35.5. The van der Waals surface area contributed by atoms with Crippen LogP contribution < -0.4 is 0 Å². The largest absolute Gasteiger partial charge is 0.426 e. The number of benzene rings is 2. The monoisotopic (exact) mass is 585 g/mol. The number of aryl methyl sites for hydroxylation is 1. The van der Waals surface area contributed by atoms with Gasteiger partial charge in [-0.2, -0.15) is 13.2 Å². The van der Waals surface area contributed by atoms with Crippen molar-refractivity contribution < 1.29 is 30.8 Å². The van der Waals surface area contributed by atoms with E-state index in [-0.39, 0.29) is 36.3 Å². The van der Waals surface area contributed by atoms with Crippen LogP contribution in [0.4, 0.5) is 17.6 Å². The number of halogens is 5. The zero-order chi connectivity index (χ0) is 28.4. The van der Waals surface area contributed by atoms with E-state index in [1.165, 1.54) is 12.1 Å². The summed E-state index contributed by atoms with van der Waals surface area (Å²) in [6.07, 6.45) is -2.42. The Morgan fingerprint density at radius 1 is 1.05 bits per heavy atom. The molecule has 2 aromatic carbocycles. The molecule has 0 spiro atoms. The summed E-state index contributed by atoms with van der Waals surface area (Å²) >= 11 is 6.11. The van der Waals surface area contributed by atoms with Gasteiger partial charge in [-0.1, -0.05) is 48.9 Å². The van der Waals surface area contributed by atoms with Gasteiger partial charge in [-0.3, -0.25) is 4.79 Å². The molecule has 0 bridgehead atoms. The van der Waals surface area contributed by atoms with Gasteiger partial charge in [-0.15, -0.1) is 0 Å². The molecule has 10 heteroatoms. The summed E-state index contributed by atoms with van der Waals surface area (Å²) < 4.78 is 79.5. The first-order chi connectivity index (χ1) is 18.1.